The third kappa shape index (κ3) is 1.89. The monoisotopic (exact) mass is 209 g/mol. The zero-order chi connectivity index (χ0) is 11.6. The van der Waals surface area contributed by atoms with Gasteiger partial charge in [0.05, 0.1) is 11.5 Å². The molecule has 80 valence electrons. The summed E-state index contributed by atoms with van der Waals surface area (Å²) in [5.74, 6) is -3.09. The Balaban J connectivity index is 2.88. The third-order valence-electron chi connectivity index (χ3n) is 2.88. The molecule has 1 aliphatic carbocycles. The Labute approximate surface area is 86.7 Å². The van der Waals surface area contributed by atoms with Crippen LogP contribution in [0.1, 0.15) is 26.2 Å². The van der Waals surface area contributed by atoms with Crippen molar-refractivity contribution in [1.29, 1.82) is 5.26 Å². The molecule has 0 spiro atoms. The number of aliphatic carboxylic acids is 1. The number of nitrogens with zero attached hydrogens (tertiary/aromatic N) is 1. The van der Waals surface area contributed by atoms with Crippen LogP contribution in [-0.2, 0) is 14.4 Å². The van der Waals surface area contributed by atoms with Crippen molar-refractivity contribution in [2.75, 3.05) is 0 Å². The number of rotatable bonds is 3. The highest BCUT2D eigenvalue weighted by Crippen LogP contribution is 2.36. The molecule has 5 heteroatoms. The topological polar surface area (TPSA) is 95.2 Å². The molecule has 0 aromatic carbocycles. The number of carboxylic acids is 1. The number of Topliss-reactive ketones (excluding diaryl/α,β-unsaturated/α-hetero) is 2. The third-order valence-corrected chi connectivity index (χ3v) is 2.88. The number of carboxylic acid groups (broad SMARTS) is 1. The Morgan fingerprint density at radius 3 is 2.33 bits per heavy atom. The molecule has 1 saturated carbocycles. The van der Waals surface area contributed by atoms with E-state index < -0.39 is 17.3 Å². The van der Waals surface area contributed by atoms with Gasteiger partial charge in [0.25, 0.3) is 0 Å². The van der Waals surface area contributed by atoms with Crippen molar-refractivity contribution in [2.24, 2.45) is 11.3 Å². The van der Waals surface area contributed by atoms with Crippen molar-refractivity contribution < 1.29 is 19.5 Å². The van der Waals surface area contributed by atoms with Crippen LogP contribution in [0.2, 0.25) is 0 Å². The van der Waals surface area contributed by atoms with Gasteiger partial charge in [-0.1, -0.05) is 0 Å². The minimum absolute atomic E-state index is 0.160. The summed E-state index contributed by atoms with van der Waals surface area (Å²) in [7, 11) is 0. The molecule has 1 fully saturated rings. The number of carbonyl (C=O) groups excluding carboxylic acids is 2. The van der Waals surface area contributed by atoms with Gasteiger partial charge in [0.1, 0.15) is 17.5 Å². The second-order valence-electron chi connectivity index (χ2n) is 3.90. The Bertz CT molecular complexity index is 350. The Morgan fingerprint density at radius 2 is 2.00 bits per heavy atom. The summed E-state index contributed by atoms with van der Waals surface area (Å²) < 4.78 is 0. The largest absolute Gasteiger partial charge is 0.480 e. The van der Waals surface area contributed by atoms with Gasteiger partial charge in [-0.2, -0.15) is 5.26 Å². The molecule has 1 aliphatic rings. The quantitative estimate of drug-likeness (QED) is 0.684. The molecule has 0 bridgehead atoms. The van der Waals surface area contributed by atoms with Gasteiger partial charge < -0.3 is 5.11 Å². The van der Waals surface area contributed by atoms with Crippen LogP contribution in [0, 0.1) is 22.7 Å². The van der Waals surface area contributed by atoms with Gasteiger partial charge in [-0.05, 0) is 13.3 Å². The van der Waals surface area contributed by atoms with Crippen molar-refractivity contribution in [3.8, 4) is 6.07 Å². The second-order valence-corrected chi connectivity index (χ2v) is 3.90. The molecule has 0 aromatic heterocycles. The predicted octanol–water partition coefficient (Wildman–Crippen LogP) is 0.539. The van der Waals surface area contributed by atoms with E-state index in [1.165, 1.54) is 6.92 Å². The normalized spacial score (nSPS) is 21.1. The van der Waals surface area contributed by atoms with E-state index in [2.05, 4.69) is 0 Å². The molecule has 5 nitrogen and oxygen atoms in total. The van der Waals surface area contributed by atoms with Gasteiger partial charge in [-0.25, -0.2) is 0 Å². The van der Waals surface area contributed by atoms with E-state index in [1.54, 1.807) is 6.07 Å². The lowest BCUT2D eigenvalue weighted by molar-refractivity contribution is -0.142. The van der Waals surface area contributed by atoms with Gasteiger partial charge in [0.15, 0.2) is 0 Å². The summed E-state index contributed by atoms with van der Waals surface area (Å²) in [6.07, 6.45) is 0.108. The summed E-state index contributed by atoms with van der Waals surface area (Å²) in [5, 5.41) is 17.3. The first-order valence-electron chi connectivity index (χ1n) is 4.61. The van der Waals surface area contributed by atoms with Crippen molar-refractivity contribution in [3.05, 3.63) is 0 Å². The SMILES string of the molecule is CC1(CC(C#N)C(=O)O)C(=O)CCC1=O. The number of hydrogen-bond donors (Lipinski definition) is 1. The van der Waals surface area contributed by atoms with Crippen LogP contribution in [0.25, 0.3) is 0 Å². The highest BCUT2D eigenvalue weighted by molar-refractivity contribution is 6.12. The van der Waals surface area contributed by atoms with Crippen LogP contribution in [0.3, 0.4) is 0 Å². The Hall–Kier alpha value is -1.70. The van der Waals surface area contributed by atoms with Crippen LogP contribution in [-0.4, -0.2) is 22.6 Å². The summed E-state index contributed by atoms with van der Waals surface area (Å²) in [5.41, 5.74) is -1.27. The van der Waals surface area contributed by atoms with Gasteiger partial charge in [-0.15, -0.1) is 0 Å². The molecule has 15 heavy (non-hydrogen) atoms. The van der Waals surface area contributed by atoms with E-state index in [4.69, 9.17) is 10.4 Å². The molecule has 1 atom stereocenters. The average Bonchev–Trinajstić information content (AvgIpc) is 2.42. The number of ketones is 2. The summed E-state index contributed by atoms with van der Waals surface area (Å²) in [4.78, 5) is 33.5. The van der Waals surface area contributed by atoms with Gasteiger partial charge >= 0.3 is 5.97 Å². The zero-order valence-electron chi connectivity index (χ0n) is 8.32. The lowest BCUT2D eigenvalue weighted by Crippen LogP contribution is -2.33. The minimum Gasteiger partial charge on any atom is -0.480 e. The van der Waals surface area contributed by atoms with E-state index >= 15 is 0 Å². The van der Waals surface area contributed by atoms with Crippen molar-refractivity contribution in [3.63, 3.8) is 0 Å². The molecular formula is C10H11NO4. The molecule has 1 unspecified atom stereocenters. The molecule has 0 amide bonds. The molecule has 0 saturated heterocycles. The summed E-state index contributed by atoms with van der Waals surface area (Å²) in [6.45, 7) is 1.43. The number of nitriles is 1. The fraction of sp³-hybridized carbons (Fsp3) is 0.600. The smallest absolute Gasteiger partial charge is 0.320 e. The fourth-order valence-corrected chi connectivity index (χ4v) is 1.76. The first-order valence-corrected chi connectivity index (χ1v) is 4.61. The van der Waals surface area contributed by atoms with Crippen LogP contribution in [0.5, 0.6) is 0 Å². The number of carbonyl (C=O) groups is 3. The fourth-order valence-electron chi connectivity index (χ4n) is 1.76. The summed E-state index contributed by atoms with van der Waals surface area (Å²) >= 11 is 0. The lowest BCUT2D eigenvalue weighted by atomic mass is 9.78. The molecule has 1 N–H and O–H groups in total. The first-order chi connectivity index (χ1) is 6.91. The summed E-state index contributed by atoms with van der Waals surface area (Å²) in [6, 6.07) is 1.59. The van der Waals surface area contributed by atoms with Gasteiger partial charge in [0.2, 0.25) is 0 Å². The highest BCUT2D eigenvalue weighted by atomic mass is 16.4. The van der Waals surface area contributed by atoms with Gasteiger partial charge in [0, 0.05) is 12.8 Å². The van der Waals surface area contributed by atoms with Crippen LogP contribution in [0.15, 0.2) is 0 Å². The average molecular weight is 209 g/mol. The highest BCUT2D eigenvalue weighted by Gasteiger charge is 2.47. The molecule has 0 aromatic rings. The van der Waals surface area contributed by atoms with Crippen LogP contribution >= 0.6 is 0 Å². The molecule has 0 radical (unpaired) electrons. The van der Waals surface area contributed by atoms with E-state index in [-0.39, 0.29) is 30.8 Å². The molecule has 1 rings (SSSR count). The van der Waals surface area contributed by atoms with E-state index in [9.17, 15) is 14.4 Å². The Morgan fingerprint density at radius 1 is 1.53 bits per heavy atom. The van der Waals surface area contributed by atoms with Crippen LogP contribution < -0.4 is 0 Å². The zero-order valence-corrected chi connectivity index (χ0v) is 8.32. The first kappa shape index (κ1) is 11.4. The predicted molar refractivity (Wildman–Crippen MR) is 48.7 cm³/mol. The molecular weight excluding hydrogens is 198 g/mol. The Kier molecular flexibility index (Phi) is 2.89. The second kappa shape index (κ2) is 3.81. The maximum absolute atomic E-state index is 11.5. The van der Waals surface area contributed by atoms with Gasteiger partial charge in [-0.3, -0.25) is 14.4 Å². The minimum atomic E-state index is -1.29. The maximum Gasteiger partial charge on any atom is 0.320 e. The van der Waals surface area contributed by atoms with E-state index in [0.717, 1.165) is 0 Å². The van der Waals surface area contributed by atoms with E-state index in [0.29, 0.717) is 0 Å². The maximum atomic E-state index is 11.5. The molecule has 0 heterocycles. The van der Waals surface area contributed by atoms with E-state index in [1.807, 2.05) is 0 Å². The molecule has 0 aliphatic heterocycles. The van der Waals surface area contributed by atoms with Crippen molar-refractivity contribution in [1.82, 2.24) is 0 Å². The van der Waals surface area contributed by atoms with Crippen molar-refractivity contribution >= 4 is 17.5 Å². The lowest BCUT2D eigenvalue weighted by Gasteiger charge is -2.20. The number of hydrogen-bond acceptors (Lipinski definition) is 4. The van der Waals surface area contributed by atoms with Crippen molar-refractivity contribution in [2.45, 2.75) is 26.2 Å². The van der Waals surface area contributed by atoms with Crippen LogP contribution in [0.4, 0.5) is 0 Å². The standard InChI is InChI=1S/C10H11NO4/c1-10(4-6(5-11)9(14)15)7(12)2-3-8(10)13/h6H,2-4H2,1H3,(H,14,15).